The number of carbonyl (C=O) groups is 1. The van der Waals surface area contributed by atoms with Gasteiger partial charge in [-0.05, 0) is 50.0 Å². The number of halogens is 4. The first-order valence-corrected chi connectivity index (χ1v) is 16.0. The number of hydrogen-bond acceptors (Lipinski definition) is 8. The Labute approximate surface area is 280 Å². The standard InChI is InChI=1S/C32H32Cl3FN8O2/c1-6-20(45)42-12-16(5)43-17(13-42)8-10-39-27-22-30(40-28(23(27)35)21-24(36)18(33)11-19(34)25(21)37)44(32(46)41-31(22)43)29-15(4)7-9-38-26(29)14(2)3/h6-7,9,11,14,16-17,39H,1,8,10,12-13,37H2,2-5H3. The lowest BCUT2D eigenvalue weighted by Gasteiger charge is -2.47. The van der Waals surface area contributed by atoms with Crippen LogP contribution in [0.2, 0.25) is 15.1 Å². The van der Waals surface area contributed by atoms with Crippen molar-refractivity contribution in [3.05, 3.63) is 73.6 Å². The Kier molecular flexibility index (Phi) is 8.37. The molecule has 0 spiro atoms. The second-order valence-electron chi connectivity index (χ2n) is 11.9. The van der Waals surface area contributed by atoms with Gasteiger partial charge in [0.15, 0.2) is 11.5 Å². The number of pyridine rings is 2. The van der Waals surface area contributed by atoms with Crippen LogP contribution in [0.3, 0.4) is 0 Å². The van der Waals surface area contributed by atoms with Crippen LogP contribution in [0.25, 0.3) is 28.0 Å². The number of fused-ring (bicyclic) bond motifs is 2. The third kappa shape index (κ3) is 5.05. The number of rotatable bonds is 4. The molecule has 4 aromatic rings. The van der Waals surface area contributed by atoms with E-state index in [0.717, 1.165) is 5.56 Å². The van der Waals surface area contributed by atoms with Gasteiger partial charge in [-0.2, -0.15) is 4.98 Å². The molecule has 0 bridgehead atoms. The fraction of sp³-hybridized carbons (Fsp3) is 0.344. The van der Waals surface area contributed by atoms with Crippen LogP contribution in [0, 0.1) is 12.7 Å². The number of nitrogens with two attached hydrogens (primary N) is 1. The molecule has 2 aliphatic heterocycles. The van der Waals surface area contributed by atoms with Gasteiger partial charge in [0.1, 0.15) is 5.82 Å². The third-order valence-electron chi connectivity index (χ3n) is 8.61. The van der Waals surface area contributed by atoms with Gasteiger partial charge in [-0.25, -0.2) is 18.7 Å². The fourth-order valence-electron chi connectivity index (χ4n) is 6.53. The van der Waals surface area contributed by atoms with Crippen molar-refractivity contribution in [2.75, 3.05) is 35.6 Å². The summed E-state index contributed by atoms with van der Waals surface area (Å²) >= 11 is 19.7. The second kappa shape index (κ2) is 12.0. The van der Waals surface area contributed by atoms with Crippen LogP contribution in [-0.2, 0) is 4.79 Å². The van der Waals surface area contributed by atoms with Crippen molar-refractivity contribution in [3.8, 4) is 16.9 Å². The topological polar surface area (TPSA) is 122 Å². The van der Waals surface area contributed by atoms with E-state index in [2.05, 4.69) is 26.8 Å². The molecular formula is C32H32Cl3FN8O2. The van der Waals surface area contributed by atoms with Crippen molar-refractivity contribution in [2.24, 2.45) is 0 Å². The van der Waals surface area contributed by atoms with E-state index in [1.54, 1.807) is 17.2 Å². The first-order valence-electron chi connectivity index (χ1n) is 14.8. The lowest BCUT2D eigenvalue weighted by molar-refractivity contribution is -0.127. The maximum absolute atomic E-state index is 15.8. The van der Waals surface area contributed by atoms with Crippen LogP contribution in [0.4, 0.5) is 21.6 Å². The van der Waals surface area contributed by atoms with Crippen LogP contribution < -0.4 is 21.6 Å². The number of carbonyl (C=O) groups excluding carboxylic acids is 1. The van der Waals surface area contributed by atoms with Gasteiger partial charge in [-0.15, -0.1) is 0 Å². The summed E-state index contributed by atoms with van der Waals surface area (Å²) < 4.78 is 17.2. The Morgan fingerprint density at radius 2 is 1.96 bits per heavy atom. The Hall–Kier alpha value is -3.93. The van der Waals surface area contributed by atoms with Crippen LogP contribution in [0.15, 0.2) is 35.8 Å². The van der Waals surface area contributed by atoms with Crippen LogP contribution >= 0.6 is 34.8 Å². The highest BCUT2D eigenvalue weighted by molar-refractivity contribution is 6.40. The van der Waals surface area contributed by atoms with Gasteiger partial charge >= 0.3 is 5.69 Å². The summed E-state index contributed by atoms with van der Waals surface area (Å²) in [6, 6.07) is 2.59. The Morgan fingerprint density at radius 3 is 2.65 bits per heavy atom. The average molecular weight is 686 g/mol. The van der Waals surface area contributed by atoms with E-state index in [-0.39, 0.29) is 61.6 Å². The molecule has 2 atom stereocenters. The number of nitrogens with zero attached hydrogens (tertiary/aromatic N) is 6. The minimum absolute atomic E-state index is 0.0246. The predicted molar refractivity (Wildman–Crippen MR) is 182 cm³/mol. The highest BCUT2D eigenvalue weighted by Gasteiger charge is 2.39. The van der Waals surface area contributed by atoms with Gasteiger partial charge in [-0.1, -0.05) is 55.2 Å². The van der Waals surface area contributed by atoms with Crippen molar-refractivity contribution in [1.29, 1.82) is 0 Å². The normalized spacial score (nSPS) is 17.8. The zero-order valence-corrected chi connectivity index (χ0v) is 27.9. The molecule has 240 valence electrons. The molecule has 2 aliphatic rings. The summed E-state index contributed by atoms with van der Waals surface area (Å²) in [5.41, 5.74) is 7.88. The molecule has 1 saturated heterocycles. The first kappa shape index (κ1) is 32.0. The molecule has 5 heterocycles. The summed E-state index contributed by atoms with van der Waals surface area (Å²) in [5.74, 6) is -0.735. The molecule has 1 amide bonds. The molecule has 1 fully saturated rings. The second-order valence-corrected chi connectivity index (χ2v) is 13.1. The number of aromatic nitrogens is 4. The monoisotopic (exact) mass is 684 g/mol. The number of aryl methyl sites for hydroxylation is 1. The maximum atomic E-state index is 15.8. The SMILES string of the molecule is C=CC(=O)N1CC(C)N2c3nc(=O)n(-c4c(C)ccnc4C(C)C)c4nc(-c5c(N)c(Cl)cc(Cl)c5F)c(Cl)c(c34)NCCC2C1. The third-order valence-corrected chi connectivity index (χ3v) is 9.57. The smallest absolute Gasteiger partial charge is 0.355 e. The minimum atomic E-state index is -0.851. The van der Waals surface area contributed by atoms with Crippen molar-refractivity contribution >= 4 is 68.9 Å². The summed E-state index contributed by atoms with van der Waals surface area (Å²) in [4.78, 5) is 45.0. The molecule has 10 nitrogen and oxygen atoms in total. The Morgan fingerprint density at radius 1 is 1.22 bits per heavy atom. The predicted octanol–water partition coefficient (Wildman–Crippen LogP) is 6.36. The number of amides is 1. The molecule has 14 heteroatoms. The maximum Gasteiger partial charge on any atom is 0.355 e. The van der Waals surface area contributed by atoms with E-state index >= 15 is 4.39 Å². The molecule has 0 aliphatic carbocycles. The van der Waals surface area contributed by atoms with E-state index in [0.29, 0.717) is 54.3 Å². The van der Waals surface area contributed by atoms with Crippen LogP contribution in [0.5, 0.6) is 0 Å². The lowest BCUT2D eigenvalue weighted by atomic mass is 9.99. The summed E-state index contributed by atoms with van der Waals surface area (Å²) in [6.07, 6.45) is 3.56. The van der Waals surface area contributed by atoms with Crippen LogP contribution in [0.1, 0.15) is 44.4 Å². The van der Waals surface area contributed by atoms with E-state index in [9.17, 15) is 9.59 Å². The molecule has 3 N–H and O–H groups in total. The van der Waals surface area contributed by atoms with Gasteiger partial charge in [0.2, 0.25) is 5.91 Å². The van der Waals surface area contributed by atoms with E-state index in [1.165, 1.54) is 16.7 Å². The van der Waals surface area contributed by atoms with Crippen molar-refractivity contribution in [1.82, 2.24) is 24.4 Å². The molecule has 6 rings (SSSR count). The molecule has 0 saturated carbocycles. The zero-order valence-electron chi connectivity index (χ0n) is 25.7. The van der Waals surface area contributed by atoms with E-state index < -0.39 is 11.5 Å². The highest BCUT2D eigenvalue weighted by atomic mass is 35.5. The van der Waals surface area contributed by atoms with Gasteiger partial charge < -0.3 is 20.9 Å². The van der Waals surface area contributed by atoms with Crippen molar-refractivity contribution in [3.63, 3.8) is 0 Å². The highest BCUT2D eigenvalue weighted by Crippen LogP contribution is 2.47. The number of nitrogen functional groups attached to an aromatic ring is 1. The van der Waals surface area contributed by atoms with E-state index in [1.807, 2.05) is 27.7 Å². The van der Waals surface area contributed by atoms with Crippen LogP contribution in [-0.4, -0.2) is 62.0 Å². The molecule has 2 unspecified atom stereocenters. The summed E-state index contributed by atoms with van der Waals surface area (Å²) in [6.45, 7) is 12.7. The Balaban J connectivity index is 1.76. The van der Waals surface area contributed by atoms with Gasteiger partial charge in [-0.3, -0.25) is 9.78 Å². The summed E-state index contributed by atoms with van der Waals surface area (Å²) in [5, 5.41) is 3.69. The molecule has 46 heavy (non-hydrogen) atoms. The van der Waals surface area contributed by atoms with Gasteiger partial charge in [0.25, 0.3) is 0 Å². The van der Waals surface area contributed by atoms with Crippen molar-refractivity contribution in [2.45, 2.75) is 52.1 Å². The average Bonchev–Trinajstić information content (AvgIpc) is 3.00. The van der Waals surface area contributed by atoms with Gasteiger partial charge in [0.05, 0.1) is 60.5 Å². The molecule has 3 aromatic heterocycles. The Bertz CT molecular complexity index is 1970. The lowest BCUT2D eigenvalue weighted by Crippen LogP contribution is -2.60. The number of nitrogens with one attached hydrogen (secondary N) is 1. The number of piperazine rings is 1. The van der Waals surface area contributed by atoms with Gasteiger partial charge in [0, 0.05) is 31.9 Å². The first-order chi connectivity index (χ1) is 21.8. The minimum Gasteiger partial charge on any atom is -0.397 e. The molecule has 1 aromatic carbocycles. The van der Waals surface area contributed by atoms with E-state index in [4.69, 9.17) is 45.5 Å². The number of hydrogen-bond donors (Lipinski definition) is 2. The zero-order chi connectivity index (χ0) is 33.2. The number of benzene rings is 1. The molecule has 0 radical (unpaired) electrons. The fourth-order valence-corrected chi connectivity index (χ4v) is 7.29. The summed E-state index contributed by atoms with van der Waals surface area (Å²) in [7, 11) is 0. The quantitative estimate of drug-likeness (QED) is 0.145. The number of anilines is 3. The molecular weight excluding hydrogens is 654 g/mol. The largest absolute Gasteiger partial charge is 0.397 e. The van der Waals surface area contributed by atoms with Crippen molar-refractivity contribution < 1.29 is 9.18 Å².